The van der Waals surface area contributed by atoms with Gasteiger partial charge >= 0.3 is 0 Å². The quantitative estimate of drug-likeness (QED) is 0.735. The third-order valence-corrected chi connectivity index (χ3v) is 3.49. The summed E-state index contributed by atoms with van der Waals surface area (Å²) in [5.74, 6) is 2.51. The predicted octanol–water partition coefficient (Wildman–Crippen LogP) is 2.45. The van der Waals surface area contributed by atoms with Gasteiger partial charge in [0, 0.05) is 11.8 Å². The molecule has 1 fully saturated rings. The minimum absolute atomic E-state index is 0.564. The van der Waals surface area contributed by atoms with Gasteiger partial charge in [0.15, 0.2) is 0 Å². The molecule has 0 radical (unpaired) electrons. The maximum atomic E-state index is 3.58. The summed E-state index contributed by atoms with van der Waals surface area (Å²) in [6.45, 7) is 1.16. The van der Waals surface area contributed by atoms with Crippen molar-refractivity contribution in [2.24, 2.45) is 0 Å². The van der Waals surface area contributed by atoms with Crippen LogP contribution in [0, 0.1) is 0 Å². The van der Waals surface area contributed by atoms with E-state index < -0.39 is 0 Å². The Kier molecular flexibility index (Phi) is 3.27. The number of benzene rings is 1. The molecule has 1 nitrogen and oxygen atoms in total. The van der Waals surface area contributed by atoms with Gasteiger partial charge in [0.2, 0.25) is 0 Å². The van der Waals surface area contributed by atoms with Crippen molar-refractivity contribution in [3.63, 3.8) is 0 Å². The summed E-state index contributed by atoms with van der Waals surface area (Å²) < 4.78 is 0. The molecule has 2 heteroatoms. The fourth-order valence-corrected chi connectivity index (χ4v) is 2.67. The predicted molar refractivity (Wildman–Crippen MR) is 59.1 cm³/mol. The molecule has 0 bridgehead atoms. The van der Waals surface area contributed by atoms with Crippen molar-refractivity contribution >= 4 is 11.8 Å². The highest BCUT2D eigenvalue weighted by Gasteiger charge is 2.12. The van der Waals surface area contributed by atoms with Gasteiger partial charge in [-0.15, -0.1) is 0 Å². The maximum absolute atomic E-state index is 3.58. The second-order valence-electron chi connectivity index (χ2n) is 3.35. The summed E-state index contributed by atoms with van der Waals surface area (Å²) in [4.78, 5) is 0. The molecule has 1 heterocycles. The average molecular weight is 193 g/mol. The van der Waals surface area contributed by atoms with Crippen LogP contribution in [-0.2, 0) is 0 Å². The summed E-state index contributed by atoms with van der Waals surface area (Å²) in [7, 11) is 0. The largest absolute Gasteiger partial charge is 0.309 e. The van der Waals surface area contributed by atoms with Crippen LogP contribution in [0.4, 0.5) is 0 Å². The van der Waals surface area contributed by atoms with Crippen LogP contribution in [0.2, 0.25) is 0 Å². The number of nitrogens with one attached hydrogen (secondary N) is 1. The molecular formula is C11H15NS. The van der Waals surface area contributed by atoms with E-state index in [0.717, 1.165) is 6.54 Å². The first-order chi connectivity index (χ1) is 6.47. The molecule has 1 aromatic rings. The molecule has 0 spiro atoms. The number of thioether (sulfide) groups is 1. The van der Waals surface area contributed by atoms with Gasteiger partial charge in [-0.1, -0.05) is 30.3 Å². The van der Waals surface area contributed by atoms with E-state index >= 15 is 0 Å². The van der Waals surface area contributed by atoms with Crippen LogP contribution in [0.3, 0.4) is 0 Å². The fraction of sp³-hybridized carbons (Fsp3) is 0.455. The van der Waals surface area contributed by atoms with Crippen LogP contribution in [0.5, 0.6) is 0 Å². The van der Waals surface area contributed by atoms with Crippen molar-refractivity contribution in [2.75, 3.05) is 18.1 Å². The summed E-state index contributed by atoms with van der Waals surface area (Å²) >= 11 is 2.06. The molecule has 1 aliphatic rings. The lowest BCUT2D eigenvalue weighted by Gasteiger charge is -2.15. The first kappa shape index (κ1) is 9.10. The van der Waals surface area contributed by atoms with Crippen molar-refractivity contribution in [3.8, 4) is 0 Å². The van der Waals surface area contributed by atoms with Crippen molar-refractivity contribution in [3.05, 3.63) is 35.9 Å². The molecule has 1 aliphatic heterocycles. The summed E-state index contributed by atoms with van der Waals surface area (Å²) in [6, 6.07) is 11.3. The van der Waals surface area contributed by atoms with Crippen molar-refractivity contribution < 1.29 is 0 Å². The molecule has 1 saturated heterocycles. The number of hydrogen-bond acceptors (Lipinski definition) is 2. The first-order valence-corrected chi connectivity index (χ1v) is 5.98. The van der Waals surface area contributed by atoms with Gasteiger partial charge in [-0.2, -0.15) is 11.8 Å². The Labute approximate surface area is 83.9 Å². The first-order valence-electron chi connectivity index (χ1n) is 4.83. The second kappa shape index (κ2) is 4.68. The zero-order valence-electron chi connectivity index (χ0n) is 7.70. The van der Waals surface area contributed by atoms with Crippen molar-refractivity contribution in [2.45, 2.75) is 12.5 Å². The zero-order chi connectivity index (χ0) is 8.93. The van der Waals surface area contributed by atoms with Gasteiger partial charge in [0.05, 0.1) is 0 Å². The second-order valence-corrected chi connectivity index (χ2v) is 4.50. The summed E-state index contributed by atoms with van der Waals surface area (Å²) in [5.41, 5.74) is 1.43. The fourth-order valence-electron chi connectivity index (χ4n) is 1.61. The highest BCUT2D eigenvalue weighted by atomic mass is 32.2. The Morgan fingerprint density at radius 2 is 2.08 bits per heavy atom. The Hall–Kier alpha value is -0.470. The lowest BCUT2D eigenvalue weighted by molar-refractivity contribution is 0.590. The molecule has 13 heavy (non-hydrogen) atoms. The van der Waals surface area contributed by atoms with Crippen LogP contribution in [0.1, 0.15) is 18.0 Å². The molecular weight excluding hydrogens is 178 g/mol. The van der Waals surface area contributed by atoms with E-state index in [9.17, 15) is 0 Å². The topological polar surface area (TPSA) is 12.0 Å². The molecule has 2 rings (SSSR count). The molecule has 0 amide bonds. The van der Waals surface area contributed by atoms with E-state index in [4.69, 9.17) is 0 Å². The standard InChI is InChI=1S/C11H15NS/c1-2-5-10(6-3-1)11-9-13-8-4-7-12-11/h1-3,5-6,11-12H,4,7-9H2/t11-/m0/s1. The number of rotatable bonds is 1. The van der Waals surface area contributed by atoms with E-state index in [1.165, 1.54) is 23.5 Å². The smallest absolute Gasteiger partial charge is 0.0411 e. The summed E-state index contributed by atoms with van der Waals surface area (Å²) in [6.07, 6.45) is 1.30. The molecule has 0 aliphatic carbocycles. The maximum Gasteiger partial charge on any atom is 0.0411 e. The van der Waals surface area contributed by atoms with Crippen molar-refractivity contribution in [1.82, 2.24) is 5.32 Å². The lowest BCUT2D eigenvalue weighted by atomic mass is 10.1. The molecule has 70 valence electrons. The van der Waals surface area contributed by atoms with Gasteiger partial charge < -0.3 is 5.32 Å². The van der Waals surface area contributed by atoms with Crippen LogP contribution in [0.15, 0.2) is 30.3 Å². The van der Waals surface area contributed by atoms with E-state index in [-0.39, 0.29) is 0 Å². The third-order valence-electron chi connectivity index (χ3n) is 2.34. The Bertz CT molecular complexity index is 240. The Morgan fingerprint density at radius 1 is 1.23 bits per heavy atom. The van der Waals surface area contributed by atoms with E-state index in [1.54, 1.807) is 0 Å². The Morgan fingerprint density at radius 3 is 2.92 bits per heavy atom. The highest BCUT2D eigenvalue weighted by molar-refractivity contribution is 7.99. The van der Waals surface area contributed by atoms with Crippen LogP contribution >= 0.6 is 11.8 Å². The molecule has 0 aromatic heterocycles. The average Bonchev–Trinajstić information content (AvgIpc) is 2.47. The van der Waals surface area contributed by atoms with Gasteiger partial charge in [-0.05, 0) is 24.3 Å². The van der Waals surface area contributed by atoms with Gasteiger partial charge in [0.25, 0.3) is 0 Å². The SMILES string of the molecule is c1ccc([C@@H]2CSCCCN2)cc1. The summed E-state index contributed by atoms with van der Waals surface area (Å²) in [5, 5.41) is 3.58. The lowest BCUT2D eigenvalue weighted by Crippen LogP contribution is -2.22. The normalized spacial score (nSPS) is 23.8. The number of hydrogen-bond donors (Lipinski definition) is 1. The van der Waals surface area contributed by atoms with E-state index in [1.807, 2.05) is 0 Å². The Balaban J connectivity index is 2.06. The minimum Gasteiger partial charge on any atom is -0.309 e. The molecule has 0 unspecified atom stereocenters. The van der Waals surface area contributed by atoms with Crippen LogP contribution in [0.25, 0.3) is 0 Å². The molecule has 0 saturated carbocycles. The van der Waals surface area contributed by atoms with Crippen LogP contribution in [-0.4, -0.2) is 18.1 Å². The van der Waals surface area contributed by atoms with Gasteiger partial charge in [-0.25, -0.2) is 0 Å². The minimum atomic E-state index is 0.564. The van der Waals surface area contributed by atoms with E-state index in [2.05, 4.69) is 47.4 Å². The van der Waals surface area contributed by atoms with Crippen LogP contribution < -0.4 is 5.32 Å². The molecule has 1 aromatic carbocycles. The van der Waals surface area contributed by atoms with E-state index in [0.29, 0.717) is 6.04 Å². The highest BCUT2D eigenvalue weighted by Crippen LogP contribution is 2.20. The zero-order valence-corrected chi connectivity index (χ0v) is 8.52. The van der Waals surface area contributed by atoms with Gasteiger partial charge in [-0.3, -0.25) is 0 Å². The monoisotopic (exact) mass is 193 g/mol. The van der Waals surface area contributed by atoms with Gasteiger partial charge in [0.1, 0.15) is 0 Å². The molecule has 1 atom stereocenters. The van der Waals surface area contributed by atoms with Crippen molar-refractivity contribution in [1.29, 1.82) is 0 Å². The third kappa shape index (κ3) is 2.48. The molecule has 1 N–H and O–H groups in total.